The van der Waals surface area contributed by atoms with E-state index in [9.17, 15) is 8.42 Å². The molecule has 2 aromatic carbocycles. The quantitative estimate of drug-likeness (QED) is 0.772. The van der Waals surface area contributed by atoms with Crippen molar-refractivity contribution in [2.45, 2.75) is 17.9 Å². The maximum absolute atomic E-state index is 11.5. The maximum atomic E-state index is 11.5. The fourth-order valence-corrected chi connectivity index (χ4v) is 2.74. The minimum Gasteiger partial charge on any atom is -0.488 e. The molecule has 0 bridgehead atoms. The zero-order chi connectivity index (χ0) is 17.7. The Balaban J connectivity index is 2.16. The van der Waals surface area contributed by atoms with Crippen LogP contribution in [0.25, 0.3) is 0 Å². The van der Waals surface area contributed by atoms with E-state index in [-0.39, 0.29) is 11.0 Å². The molecule has 0 spiro atoms. The van der Waals surface area contributed by atoms with Gasteiger partial charge >= 0.3 is 0 Å². The minimum absolute atomic E-state index is 0.126. The van der Waals surface area contributed by atoms with Crippen molar-refractivity contribution in [3.8, 4) is 17.2 Å². The Kier molecular flexibility index (Phi) is 5.69. The number of anilines is 1. The van der Waals surface area contributed by atoms with Gasteiger partial charge in [0.1, 0.15) is 23.4 Å². The van der Waals surface area contributed by atoms with E-state index in [4.69, 9.17) is 19.9 Å². The van der Waals surface area contributed by atoms with Gasteiger partial charge in [0.25, 0.3) is 0 Å². The highest BCUT2D eigenvalue weighted by molar-refractivity contribution is 7.90. The summed E-state index contributed by atoms with van der Waals surface area (Å²) in [5.74, 6) is 1.58. The molecule has 1 atom stereocenters. The molecular formula is C17H21NO5S. The molecule has 0 aliphatic carbocycles. The summed E-state index contributed by atoms with van der Waals surface area (Å²) in [5.41, 5.74) is 6.37. The van der Waals surface area contributed by atoms with E-state index >= 15 is 0 Å². The van der Waals surface area contributed by atoms with E-state index < -0.39 is 9.84 Å². The predicted octanol–water partition coefficient (Wildman–Crippen LogP) is 2.88. The van der Waals surface area contributed by atoms with Gasteiger partial charge in [0, 0.05) is 37.3 Å². The van der Waals surface area contributed by atoms with Crippen LogP contribution in [0.15, 0.2) is 47.4 Å². The van der Waals surface area contributed by atoms with Gasteiger partial charge in [-0.05, 0) is 31.2 Å². The molecule has 7 heteroatoms. The van der Waals surface area contributed by atoms with E-state index in [1.54, 1.807) is 37.4 Å². The molecule has 2 aromatic rings. The number of rotatable bonds is 7. The van der Waals surface area contributed by atoms with Crippen LogP contribution in [-0.4, -0.2) is 34.5 Å². The molecule has 0 unspecified atom stereocenters. The Bertz CT molecular complexity index is 787. The molecule has 2 rings (SSSR count). The number of sulfone groups is 1. The summed E-state index contributed by atoms with van der Waals surface area (Å²) in [4.78, 5) is 0.236. The van der Waals surface area contributed by atoms with Gasteiger partial charge in [0.05, 0.1) is 11.5 Å². The van der Waals surface area contributed by atoms with Crippen molar-refractivity contribution in [1.82, 2.24) is 0 Å². The molecule has 0 fully saturated rings. The first-order chi connectivity index (χ1) is 11.3. The van der Waals surface area contributed by atoms with Crippen LogP contribution in [0.3, 0.4) is 0 Å². The summed E-state index contributed by atoms with van der Waals surface area (Å²) >= 11 is 0. The number of nitrogen functional groups attached to an aromatic ring is 1. The van der Waals surface area contributed by atoms with Gasteiger partial charge in [-0.3, -0.25) is 0 Å². The summed E-state index contributed by atoms with van der Waals surface area (Å²) in [6.45, 7) is 2.34. The molecule has 0 saturated carbocycles. The Morgan fingerprint density at radius 1 is 1.04 bits per heavy atom. The lowest BCUT2D eigenvalue weighted by Crippen LogP contribution is -2.18. The van der Waals surface area contributed by atoms with Gasteiger partial charge in [-0.15, -0.1) is 0 Å². The monoisotopic (exact) mass is 351 g/mol. The zero-order valence-electron chi connectivity index (χ0n) is 13.9. The Hall–Kier alpha value is -2.25. The molecule has 0 amide bonds. The first-order valence-corrected chi connectivity index (χ1v) is 9.21. The number of methoxy groups -OCH3 is 1. The van der Waals surface area contributed by atoms with Crippen molar-refractivity contribution in [3.05, 3.63) is 42.5 Å². The van der Waals surface area contributed by atoms with E-state index in [2.05, 4.69) is 0 Å². The van der Waals surface area contributed by atoms with Crippen LogP contribution in [-0.2, 0) is 14.6 Å². The molecule has 2 N–H and O–H groups in total. The van der Waals surface area contributed by atoms with E-state index in [0.717, 1.165) is 6.26 Å². The van der Waals surface area contributed by atoms with Crippen LogP contribution < -0.4 is 15.2 Å². The minimum atomic E-state index is -3.23. The number of benzene rings is 2. The summed E-state index contributed by atoms with van der Waals surface area (Å²) in [6, 6.07) is 11.3. The van der Waals surface area contributed by atoms with Crippen molar-refractivity contribution in [1.29, 1.82) is 0 Å². The maximum Gasteiger partial charge on any atom is 0.175 e. The first-order valence-electron chi connectivity index (χ1n) is 7.32. The van der Waals surface area contributed by atoms with Gasteiger partial charge < -0.3 is 19.9 Å². The average molecular weight is 351 g/mol. The molecule has 0 aromatic heterocycles. The van der Waals surface area contributed by atoms with Gasteiger partial charge in [0.2, 0.25) is 0 Å². The number of ether oxygens (including phenoxy) is 3. The smallest absolute Gasteiger partial charge is 0.175 e. The van der Waals surface area contributed by atoms with Gasteiger partial charge in [0.15, 0.2) is 9.84 Å². The van der Waals surface area contributed by atoms with Crippen LogP contribution in [0.5, 0.6) is 17.2 Å². The fraction of sp³-hybridized carbons (Fsp3) is 0.294. The Labute approximate surface area is 142 Å². The lowest BCUT2D eigenvalue weighted by Gasteiger charge is -2.15. The topological polar surface area (TPSA) is 87.8 Å². The van der Waals surface area contributed by atoms with E-state index in [0.29, 0.717) is 29.5 Å². The highest BCUT2D eigenvalue weighted by Gasteiger charge is 2.09. The van der Waals surface area contributed by atoms with Crippen molar-refractivity contribution < 1.29 is 22.6 Å². The van der Waals surface area contributed by atoms with Gasteiger partial charge in [-0.2, -0.15) is 0 Å². The third-order valence-electron chi connectivity index (χ3n) is 3.13. The molecule has 0 heterocycles. The van der Waals surface area contributed by atoms with Crippen LogP contribution >= 0.6 is 0 Å². The Morgan fingerprint density at radius 3 is 2.25 bits per heavy atom. The lowest BCUT2D eigenvalue weighted by atomic mass is 10.2. The van der Waals surface area contributed by atoms with Crippen molar-refractivity contribution in [3.63, 3.8) is 0 Å². The molecule has 0 radical (unpaired) electrons. The second-order valence-corrected chi connectivity index (χ2v) is 7.48. The molecule has 0 saturated heterocycles. The first kappa shape index (κ1) is 18.1. The summed E-state index contributed by atoms with van der Waals surface area (Å²) in [7, 11) is -1.63. The average Bonchev–Trinajstić information content (AvgIpc) is 2.46. The number of hydrogen-bond donors (Lipinski definition) is 1. The fourth-order valence-electron chi connectivity index (χ4n) is 2.11. The third-order valence-corrected chi connectivity index (χ3v) is 4.26. The van der Waals surface area contributed by atoms with Crippen molar-refractivity contribution >= 4 is 15.5 Å². The molecule has 0 aliphatic rings. The number of hydrogen-bond acceptors (Lipinski definition) is 6. The zero-order valence-corrected chi connectivity index (χ0v) is 14.7. The van der Waals surface area contributed by atoms with Crippen LogP contribution in [0.2, 0.25) is 0 Å². The van der Waals surface area contributed by atoms with E-state index in [1.165, 1.54) is 12.1 Å². The van der Waals surface area contributed by atoms with Crippen LogP contribution in [0.1, 0.15) is 6.92 Å². The van der Waals surface area contributed by atoms with Gasteiger partial charge in [-0.1, -0.05) is 0 Å². The normalized spacial score (nSPS) is 12.6. The summed E-state index contributed by atoms with van der Waals surface area (Å²) in [6.07, 6.45) is 1.03. The molecular weight excluding hydrogens is 330 g/mol. The molecule has 6 nitrogen and oxygen atoms in total. The summed E-state index contributed by atoms with van der Waals surface area (Å²) < 4.78 is 39.4. The lowest BCUT2D eigenvalue weighted by molar-refractivity contribution is 0.0920. The second kappa shape index (κ2) is 7.55. The van der Waals surface area contributed by atoms with Crippen LogP contribution in [0, 0.1) is 0 Å². The third kappa shape index (κ3) is 5.14. The highest BCUT2D eigenvalue weighted by Crippen LogP contribution is 2.29. The molecule has 0 aliphatic heterocycles. The Morgan fingerprint density at radius 2 is 1.67 bits per heavy atom. The number of nitrogens with two attached hydrogens (primary N) is 1. The standard InChI is InChI=1S/C17H21NO5S/c1-12(11-21-2)22-15-8-13(18)9-16(10-15)23-14-4-6-17(7-5-14)24(3,19)20/h4-10,12H,11,18H2,1-3H3/t12-/m0/s1. The molecule has 130 valence electrons. The van der Waals surface area contributed by atoms with Crippen molar-refractivity contribution in [2.75, 3.05) is 25.7 Å². The highest BCUT2D eigenvalue weighted by atomic mass is 32.2. The SMILES string of the molecule is COC[C@H](C)Oc1cc(N)cc(Oc2ccc(S(C)(=O)=O)cc2)c1. The second-order valence-electron chi connectivity index (χ2n) is 5.47. The van der Waals surface area contributed by atoms with Crippen LogP contribution in [0.4, 0.5) is 5.69 Å². The van der Waals surface area contributed by atoms with E-state index in [1.807, 2.05) is 6.92 Å². The van der Waals surface area contributed by atoms with Crippen molar-refractivity contribution in [2.24, 2.45) is 0 Å². The summed E-state index contributed by atoms with van der Waals surface area (Å²) in [5, 5.41) is 0. The molecule has 24 heavy (non-hydrogen) atoms. The van der Waals surface area contributed by atoms with Gasteiger partial charge in [-0.25, -0.2) is 8.42 Å². The largest absolute Gasteiger partial charge is 0.488 e. The predicted molar refractivity (Wildman–Crippen MR) is 92.4 cm³/mol.